The molecule has 0 saturated heterocycles. The summed E-state index contributed by atoms with van der Waals surface area (Å²) in [6, 6.07) is 57.2. The lowest BCUT2D eigenvalue weighted by molar-refractivity contribution is 0.778. The molecule has 0 radical (unpaired) electrons. The van der Waals surface area contributed by atoms with E-state index < -0.39 is 0 Å². The summed E-state index contributed by atoms with van der Waals surface area (Å²) in [7, 11) is 0. The highest BCUT2D eigenvalue weighted by Gasteiger charge is 2.25. The molecule has 4 nitrogen and oxygen atoms in total. The zero-order chi connectivity index (χ0) is 31.3. The maximum Gasteiger partial charge on any atom is 0.216 e. The van der Waals surface area contributed by atoms with Crippen molar-refractivity contribution in [3.8, 4) is 33.9 Å². The average molecular weight is 613 g/mol. The molecule has 1 aliphatic heterocycles. The maximum atomic E-state index is 5.30. The molecule has 11 rings (SSSR count). The molecule has 224 valence electrons. The predicted octanol–water partition coefficient (Wildman–Crippen LogP) is 10.9. The molecule has 0 amide bonds. The van der Waals surface area contributed by atoms with Gasteiger partial charge in [-0.25, -0.2) is 4.98 Å². The third-order valence-electron chi connectivity index (χ3n) is 10.3. The Kier molecular flexibility index (Phi) is 5.13. The Morgan fingerprint density at radius 1 is 0.438 bits per heavy atom. The molecule has 48 heavy (non-hydrogen) atoms. The first-order chi connectivity index (χ1) is 23.8. The fourth-order valence-electron chi connectivity index (χ4n) is 8.18. The van der Waals surface area contributed by atoms with Crippen molar-refractivity contribution in [1.82, 2.24) is 18.7 Å². The minimum atomic E-state index is 0.793. The number of rotatable bonds is 3. The summed E-state index contributed by atoms with van der Waals surface area (Å²) in [5, 5.41) is 4.98. The van der Waals surface area contributed by atoms with Crippen molar-refractivity contribution in [2.75, 3.05) is 0 Å². The van der Waals surface area contributed by atoms with E-state index in [0.29, 0.717) is 0 Å². The first-order valence-electron chi connectivity index (χ1n) is 16.5. The monoisotopic (exact) mass is 612 g/mol. The van der Waals surface area contributed by atoms with E-state index >= 15 is 0 Å². The van der Waals surface area contributed by atoms with Crippen LogP contribution in [-0.2, 0) is 6.54 Å². The van der Waals surface area contributed by atoms with E-state index in [0.717, 1.165) is 29.0 Å². The number of fused-ring (bicyclic) bond motifs is 8. The molecule has 0 bridgehead atoms. The lowest BCUT2D eigenvalue weighted by atomic mass is 9.95. The summed E-state index contributed by atoms with van der Waals surface area (Å²) in [5.74, 6) is 0.959. The highest BCUT2D eigenvalue weighted by Crippen LogP contribution is 2.41. The second kappa shape index (κ2) is 9.57. The van der Waals surface area contributed by atoms with Crippen molar-refractivity contribution in [3.63, 3.8) is 0 Å². The third kappa shape index (κ3) is 3.46. The van der Waals surface area contributed by atoms with Gasteiger partial charge >= 0.3 is 0 Å². The van der Waals surface area contributed by atoms with Crippen molar-refractivity contribution in [2.45, 2.75) is 6.54 Å². The average Bonchev–Trinajstić information content (AvgIpc) is 3.79. The van der Waals surface area contributed by atoms with Gasteiger partial charge in [-0.3, -0.25) is 4.57 Å². The van der Waals surface area contributed by atoms with E-state index in [9.17, 15) is 0 Å². The first-order valence-corrected chi connectivity index (χ1v) is 16.5. The van der Waals surface area contributed by atoms with Crippen LogP contribution in [0.15, 0.2) is 158 Å². The molecule has 7 aromatic carbocycles. The molecule has 0 aliphatic carbocycles. The zero-order valence-electron chi connectivity index (χ0n) is 26.0. The van der Waals surface area contributed by atoms with Crippen molar-refractivity contribution in [3.05, 3.63) is 163 Å². The van der Waals surface area contributed by atoms with Crippen LogP contribution in [0, 0.1) is 0 Å². The topological polar surface area (TPSA) is 27.7 Å². The molecule has 3 aromatic heterocycles. The van der Waals surface area contributed by atoms with Gasteiger partial charge in [-0.1, -0.05) is 103 Å². The van der Waals surface area contributed by atoms with Crippen LogP contribution >= 0.6 is 0 Å². The van der Waals surface area contributed by atoms with Crippen LogP contribution in [0.4, 0.5) is 0 Å². The number of imidazole rings is 1. The Morgan fingerprint density at radius 3 is 1.77 bits per heavy atom. The SMILES string of the molecule is c1ccc(-n2c3ccccc3c3cc(-c4ccc5c(c4)c4ccccc4n5-c4nc5cccc6c5n4Cc4ccccc4-6)ccc32)cc1. The molecular weight excluding hydrogens is 585 g/mol. The van der Waals surface area contributed by atoms with Gasteiger partial charge in [-0.05, 0) is 76.9 Å². The van der Waals surface area contributed by atoms with Gasteiger partial charge in [0.1, 0.15) is 0 Å². The summed E-state index contributed by atoms with van der Waals surface area (Å²) < 4.78 is 7.14. The van der Waals surface area contributed by atoms with E-state index in [4.69, 9.17) is 4.98 Å². The Bertz CT molecular complexity index is 2920. The summed E-state index contributed by atoms with van der Waals surface area (Å²) >= 11 is 0. The number of aromatic nitrogens is 4. The van der Waals surface area contributed by atoms with Crippen LogP contribution in [0.5, 0.6) is 0 Å². The fourth-order valence-corrected chi connectivity index (χ4v) is 8.18. The van der Waals surface area contributed by atoms with Gasteiger partial charge < -0.3 is 9.13 Å². The third-order valence-corrected chi connectivity index (χ3v) is 10.3. The van der Waals surface area contributed by atoms with E-state index in [1.165, 1.54) is 71.6 Å². The van der Waals surface area contributed by atoms with Crippen molar-refractivity contribution >= 4 is 54.6 Å². The van der Waals surface area contributed by atoms with Gasteiger partial charge in [0.15, 0.2) is 0 Å². The van der Waals surface area contributed by atoms with Gasteiger partial charge in [0.2, 0.25) is 5.95 Å². The second-order valence-electron chi connectivity index (χ2n) is 12.8. The predicted molar refractivity (Wildman–Crippen MR) is 198 cm³/mol. The zero-order valence-corrected chi connectivity index (χ0v) is 26.0. The molecule has 0 fully saturated rings. The quantitative estimate of drug-likeness (QED) is 0.195. The second-order valence-corrected chi connectivity index (χ2v) is 12.8. The van der Waals surface area contributed by atoms with Gasteiger partial charge in [0.25, 0.3) is 0 Å². The van der Waals surface area contributed by atoms with Gasteiger partial charge in [-0.2, -0.15) is 0 Å². The summed E-state index contributed by atoms with van der Waals surface area (Å²) in [4.78, 5) is 5.30. The first kappa shape index (κ1) is 25.8. The van der Waals surface area contributed by atoms with Gasteiger partial charge in [-0.15, -0.1) is 0 Å². The van der Waals surface area contributed by atoms with E-state index in [2.05, 4.69) is 171 Å². The Morgan fingerprint density at radius 2 is 1.02 bits per heavy atom. The number of nitrogens with zero attached hydrogens (tertiary/aromatic N) is 4. The standard InChI is InChI=1S/C44H28N4/c1-2-12-31(13-3-1)47-39-19-8-6-15-33(39)36-25-28(21-23-41(36)47)29-22-24-42-37(26-29)34-16-7-9-20-40(34)48(42)44-45-38-18-10-17-35-32-14-5-4-11-30(32)27-46(44)43(35)38/h1-26H,27H2. The molecule has 0 atom stereocenters. The molecule has 0 unspecified atom stereocenters. The largest absolute Gasteiger partial charge is 0.309 e. The molecule has 10 aromatic rings. The van der Waals surface area contributed by atoms with Crippen LogP contribution in [0.2, 0.25) is 0 Å². The van der Waals surface area contributed by atoms with Crippen LogP contribution in [0.25, 0.3) is 88.5 Å². The van der Waals surface area contributed by atoms with Crippen LogP contribution in [-0.4, -0.2) is 18.7 Å². The van der Waals surface area contributed by atoms with Gasteiger partial charge in [0, 0.05) is 32.8 Å². The molecule has 4 heterocycles. The molecular formula is C44H28N4. The maximum absolute atomic E-state index is 5.30. The van der Waals surface area contributed by atoms with E-state index in [1.807, 2.05) is 0 Å². The van der Waals surface area contributed by atoms with Crippen molar-refractivity contribution in [1.29, 1.82) is 0 Å². The molecule has 0 N–H and O–H groups in total. The minimum Gasteiger partial charge on any atom is -0.309 e. The molecule has 1 aliphatic rings. The Balaban J connectivity index is 1.13. The minimum absolute atomic E-state index is 0.793. The van der Waals surface area contributed by atoms with Gasteiger partial charge in [0.05, 0.1) is 39.6 Å². The number of hydrogen-bond acceptors (Lipinski definition) is 1. The van der Waals surface area contributed by atoms with Crippen molar-refractivity contribution < 1.29 is 0 Å². The highest BCUT2D eigenvalue weighted by molar-refractivity contribution is 6.13. The van der Waals surface area contributed by atoms with Crippen molar-refractivity contribution in [2.24, 2.45) is 0 Å². The fraction of sp³-hybridized carbons (Fsp3) is 0.0227. The highest BCUT2D eigenvalue weighted by atomic mass is 15.2. The van der Waals surface area contributed by atoms with Crippen LogP contribution in [0.3, 0.4) is 0 Å². The number of benzene rings is 7. The molecule has 4 heteroatoms. The molecule has 0 spiro atoms. The summed E-state index contributed by atoms with van der Waals surface area (Å²) in [6.45, 7) is 0.793. The number of hydrogen-bond donors (Lipinski definition) is 0. The van der Waals surface area contributed by atoms with Crippen LogP contribution < -0.4 is 0 Å². The summed E-state index contributed by atoms with van der Waals surface area (Å²) in [6.07, 6.45) is 0. The van der Waals surface area contributed by atoms with E-state index in [1.54, 1.807) is 0 Å². The Labute approximate surface area is 276 Å². The number of para-hydroxylation sites is 4. The normalized spacial score (nSPS) is 12.5. The Hall–Kier alpha value is -6.39. The molecule has 0 saturated carbocycles. The van der Waals surface area contributed by atoms with E-state index in [-0.39, 0.29) is 0 Å². The summed E-state index contributed by atoms with van der Waals surface area (Å²) in [5.41, 5.74) is 14.5. The lowest BCUT2D eigenvalue weighted by Gasteiger charge is -2.21. The lowest BCUT2D eigenvalue weighted by Crippen LogP contribution is -2.12. The smallest absolute Gasteiger partial charge is 0.216 e. The van der Waals surface area contributed by atoms with Crippen LogP contribution in [0.1, 0.15) is 5.56 Å².